The number of rotatable bonds is 6. The molecular formula is C11H22N2O2. The third-order valence-corrected chi connectivity index (χ3v) is 2.98. The third-order valence-electron chi connectivity index (χ3n) is 2.98. The molecule has 1 amide bonds. The number of hydrogen-bond acceptors (Lipinski definition) is 3. The van der Waals surface area contributed by atoms with Crippen LogP contribution in [0.25, 0.3) is 0 Å². The lowest BCUT2D eigenvalue weighted by molar-refractivity contribution is -0.135. The van der Waals surface area contributed by atoms with Crippen LogP contribution in [-0.2, 0) is 9.53 Å². The van der Waals surface area contributed by atoms with E-state index in [-0.39, 0.29) is 11.8 Å². The van der Waals surface area contributed by atoms with Crippen molar-refractivity contribution in [3.05, 3.63) is 0 Å². The van der Waals surface area contributed by atoms with Gasteiger partial charge in [0.25, 0.3) is 0 Å². The van der Waals surface area contributed by atoms with E-state index in [4.69, 9.17) is 10.5 Å². The molecular weight excluding hydrogens is 192 g/mol. The molecule has 4 heteroatoms. The Balaban J connectivity index is 2.41. The molecule has 2 N–H and O–H groups in total. The highest BCUT2D eigenvalue weighted by Gasteiger charge is 2.26. The molecule has 0 aromatic carbocycles. The van der Waals surface area contributed by atoms with Crippen LogP contribution in [0.1, 0.15) is 25.7 Å². The number of carbonyl (C=O) groups is 1. The fourth-order valence-electron chi connectivity index (χ4n) is 2.12. The molecule has 15 heavy (non-hydrogen) atoms. The highest BCUT2D eigenvalue weighted by Crippen LogP contribution is 2.26. The topological polar surface area (TPSA) is 55.6 Å². The second-order valence-electron chi connectivity index (χ2n) is 4.09. The number of hydrogen-bond donors (Lipinski definition) is 1. The Hall–Kier alpha value is -0.610. The van der Waals surface area contributed by atoms with E-state index >= 15 is 0 Å². The largest absolute Gasteiger partial charge is 0.383 e. The highest BCUT2D eigenvalue weighted by atomic mass is 16.5. The summed E-state index contributed by atoms with van der Waals surface area (Å²) in [6.07, 6.45) is 4.48. The van der Waals surface area contributed by atoms with E-state index in [1.165, 1.54) is 12.8 Å². The molecule has 0 aliphatic heterocycles. The normalized spacial score (nSPS) is 16.9. The van der Waals surface area contributed by atoms with Gasteiger partial charge in [0, 0.05) is 32.7 Å². The molecule has 4 nitrogen and oxygen atoms in total. The van der Waals surface area contributed by atoms with Crippen molar-refractivity contribution in [1.29, 1.82) is 0 Å². The van der Waals surface area contributed by atoms with Crippen molar-refractivity contribution in [2.45, 2.75) is 25.7 Å². The minimum atomic E-state index is 0.244. The summed E-state index contributed by atoms with van der Waals surface area (Å²) >= 11 is 0. The molecule has 0 bridgehead atoms. The standard InChI is InChI=1S/C11H22N2O2/c1-15-9-8-13(7-6-12)11(14)10-4-2-3-5-10/h10H,2-9,12H2,1H3. The molecule has 0 aromatic heterocycles. The molecule has 0 radical (unpaired) electrons. The Bertz CT molecular complexity index is 191. The number of amides is 1. The number of ether oxygens (including phenoxy) is 1. The summed E-state index contributed by atoms with van der Waals surface area (Å²) in [7, 11) is 1.65. The van der Waals surface area contributed by atoms with Crippen LogP contribution in [0, 0.1) is 5.92 Å². The first-order chi connectivity index (χ1) is 7.29. The van der Waals surface area contributed by atoms with Crippen molar-refractivity contribution in [3.63, 3.8) is 0 Å². The first-order valence-electron chi connectivity index (χ1n) is 5.77. The van der Waals surface area contributed by atoms with Gasteiger partial charge in [-0.25, -0.2) is 0 Å². The van der Waals surface area contributed by atoms with Gasteiger partial charge in [0.2, 0.25) is 5.91 Å². The lowest BCUT2D eigenvalue weighted by Crippen LogP contribution is -2.40. The van der Waals surface area contributed by atoms with Crippen molar-refractivity contribution in [3.8, 4) is 0 Å². The molecule has 0 spiro atoms. The van der Waals surface area contributed by atoms with Crippen LogP contribution in [0.4, 0.5) is 0 Å². The summed E-state index contributed by atoms with van der Waals surface area (Å²) in [5.74, 6) is 0.517. The molecule has 0 unspecified atom stereocenters. The fourth-order valence-corrected chi connectivity index (χ4v) is 2.12. The molecule has 88 valence electrons. The molecule has 1 fully saturated rings. The van der Waals surface area contributed by atoms with Crippen LogP contribution >= 0.6 is 0 Å². The predicted molar refractivity (Wildman–Crippen MR) is 59.5 cm³/mol. The van der Waals surface area contributed by atoms with Gasteiger partial charge in [-0.3, -0.25) is 4.79 Å². The Morgan fingerprint density at radius 3 is 2.60 bits per heavy atom. The number of nitrogens with two attached hydrogens (primary N) is 1. The van der Waals surface area contributed by atoms with Gasteiger partial charge in [0.05, 0.1) is 6.61 Å². The van der Waals surface area contributed by atoms with Gasteiger partial charge in [-0.1, -0.05) is 12.8 Å². The molecule has 1 aliphatic carbocycles. The average Bonchev–Trinajstić information content (AvgIpc) is 2.76. The van der Waals surface area contributed by atoms with Crippen LogP contribution in [-0.4, -0.2) is 44.2 Å². The minimum absolute atomic E-state index is 0.244. The van der Waals surface area contributed by atoms with Gasteiger partial charge in [0.1, 0.15) is 0 Å². The number of carbonyl (C=O) groups excluding carboxylic acids is 1. The van der Waals surface area contributed by atoms with Crippen LogP contribution in [0.15, 0.2) is 0 Å². The van der Waals surface area contributed by atoms with Gasteiger partial charge in [-0.15, -0.1) is 0 Å². The SMILES string of the molecule is COCCN(CCN)C(=O)C1CCCC1. The lowest BCUT2D eigenvalue weighted by atomic mass is 10.1. The zero-order valence-corrected chi connectivity index (χ0v) is 9.58. The second-order valence-corrected chi connectivity index (χ2v) is 4.09. The smallest absolute Gasteiger partial charge is 0.225 e. The maximum atomic E-state index is 12.1. The predicted octanol–water partition coefficient (Wildman–Crippen LogP) is 0.610. The fraction of sp³-hybridized carbons (Fsp3) is 0.909. The van der Waals surface area contributed by atoms with E-state index in [0.29, 0.717) is 26.2 Å². The van der Waals surface area contributed by atoms with Crippen LogP contribution in [0.2, 0.25) is 0 Å². The van der Waals surface area contributed by atoms with Crippen molar-refractivity contribution < 1.29 is 9.53 Å². The summed E-state index contributed by atoms with van der Waals surface area (Å²) in [6, 6.07) is 0. The zero-order valence-electron chi connectivity index (χ0n) is 9.58. The summed E-state index contributed by atoms with van der Waals surface area (Å²) in [5, 5.41) is 0. The second kappa shape index (κ2) is 6.80. The number of methoxy groups -OCH3 is 1. The molecule has 1 aliphatic rings. The highest BCUT2D eigenvalue weighted by molar-refractivity contribution is 5.79. The van der Waals surface area contributed by atoms with E-state index in [2.05, 4.69) is 0 Å². The molecule has 0 saturated heterocycles. The average molecular weight is 214 g/mol. The van der Waals surface area contributed by atoms with Gasteiger partial charge in [0.15, 0.2) is 0 Å². The van der Waals surface area contributed by atoms with Gasteiger partial charge in [-0.2, -0.15) is 0 Å². The number of nitrogens with zero attached hydrogens (tertiary/aromatic N) is 1. The summed E-state index contributed by atoms with van der Waals surface area (Å²) in [4.78, 5) is 13.9. The van der Waals surface area contributed by atoms with E-state index in [1.807, 2.05) is 4.90 Å². The first-order valence-corrected chi connectivity index (χ1v) is 5.77. The van der Waals surface area contributed by atoms with Crippen LogP contribution < -0.4 is 5.73 Å². The lowest BCUT2D eigenvalue weighted by Gasteiger charge is -2.24. The van der Waals surface area contributed by atoms with Crippen molar-refractivity contribution in [2.75, 3.05) is 33.4 Å². The maximum absolute atomic E-state index is 12.1. The zero-order chi connectivity index (χ0) is 11.1. The summed E-state index contributed by atoms with van der Waals surface area (Å²) in [5.41, 5.74) is 5.50. The van der Waals surface area contributed by atoms with Gasteiger partial charge < -0.3 is 15.4 Å². The van der Waals surface area contributed by atoms with Crippen molar-refractivity contribution in [2.24, 2.45) is 11.7 Å². The molecule has 1 saturated carbocycles. The van der Waals surface area contributed by atoms with E-state index < -0.39 is 0 Å². The van der Waals surface area contributed by atoms with Gasteiger partial charge in [-0.05, 0) is 12.8 Å². The van der Waals surface area contributed by atoms with Crippen molar-refractivity contribution in [1.82, 2.24) is 4.90 Å². The molecule has 0 aromatic rings. The van der Waals surface area contributed by atoms with Crippen LogP contribution in [0.3, 0.4) is 0 Å². The third kappa shape index (κ3) is 3.80. The van der Waals surface area contributed by atoms with Crippen LogP contribution in [0.5, 0.6) is 0 Å². The van der Waals surface area contributed by atoms with E-state index in [1.54, 1.807) is 7.11 Å². The minimum Gasteiger partial charge on any atom is -0.383 e. The van der Waals surface area contributed by atoms with E-state index in [0.717, 1.165) is 12.8 Å². The maximum Gasteiger partial charge on any atom is 0.225 e. The summed E-state index contributed by atoms with van der Waals surface area (Å²) in [6.45, 7) is 2.45. The Labute approximate surface area is 91.8 Å². The molecule has 1 rings (SSSR count). The van der Waals surface area contributed by atoms with E-state index in [9.17, 15) is 4.79 Å². The molecule has 0 atom stereocenters. The van der Waals surface area contributed by atoms with Crippen molar-refractivity contribution >= 4 is 5.91 Å². The Morgan fingerprint density at radius 1 is 1.40 bits per heavy atom. The Kier molecular flexibility index (Phi) is 5.65. The first kappa shape index (κ1) is 12.5. The summed E-state index contributed by atoms with van der Waals surface area (Å²) < 4.78 is 5.00. The quantitative estimate of drug-likeness (QED) is 0.705. The van der Waals surface area contributed by atoms with Gasteiger partial charge >= 0.3 is 0 Å². The monoisotopic (exact) mass is 214 g/mol. The Morgan fingerprint density at radius 2 is 2.07 bits per heavy atom. The molecule has 0 heterocycles.